The maximum Gasteiger partial charge on any atom is 0.329 e. The Morgan fingerprint density at radius 1 is 1.09 bits per heavy atom. The normalized spacial score (nSPS) is 23.3. The molecule has 1 heterocycles. The molecule has 0 saturated heterocycles. The molecule has 0 bridgehead atoms. The lowest BCUT2D eigenvalue weighted by atomic mass is 10.1. The summed E-state index contributed by atoms with van der Waals surface area (Å²) in [6.07, 6.45) is 0.375. The van der Waals surface area contributed by atoms with Gasteiger partial charge >= 0.3 is 11.9 Å². The Labute approximate surface area is 132 Å². The Morgan fingerprint density at radius 3 is 2.13 bits per heavy atom. The molecule has 0 unspecified atom stereocenters. The van der Waals surface area contributed by atoms with E-state index in [4.69, 9.17) is 4.74 Å². The molecule has 2 aliphatic rings. The van der Waals surface area contributed by atoms with Gasteiger partial charge < -0.3 is 9.47 Å². The van der Waals surface area contributed by atoms with Gasteiger partial charge in [0.05, 0.1) is 31.3 Å². The second kappa shape index (κ2) is 5.49. The predicted octanol–water partition coefficient (Wildman–Crippen LogP) is 0.633. The highest BCUT2D eigenvalue weighted by atomic mass is 16.5. The number of hydrogen-bond donors (Lipinski definition) is 0. The summed E-state index contributed by atoms with van der Waals surface area (Å²) < 4.78 is 9.41. The Kier molecular flexibility index (Phi) is 3.63. The minimum absolute atomic E-state index is 0.252. The topological polar surface area (TPSA) is 90.0 Å². The lowest BCUT2D eigenvalue weighted by molar-refractivity contribution is -0.147. The van der Waals surface area contributed by atoms with Gasteiger partial charge in [0.15, 0.2) is 0 Å². The summed E-state index contributed by atoms with van der Waals surface area (Å²) in [4.78, 5) is 49.8. The molecule has 0 aromatic heterocycles. The summed E-state index contributed by atoms with van der Waals surface area (Å²) in [6, 6.07) is 5.25. The van der Waals surface area contributed by atoms with Crippen LogP contribution in [0.2, 0.25) is 0 Å². The maximum atomic E-state index is 12.5. The van der Waals surface area contributed by atoms with Crippen LogP contribution in [-0.4, -0.2) is 48.9 Å². The predicted molar refractivity (Wildman–Crippen MR) is 76.4 cm³/mol. The Balaban J connectivity index is 1.94. The van der Waals surface area contributed by atoms with Crippen LogP contribution in [0.3, 0.4) is 0 Å². The first-order valence-electron chi connectivity index (χ1n) is 7.13. The number of imide groups is 1. The van der Waals surface area contributed by atoms with Crippen LogP contribution in [0.25, 0.3) is 0 Å². The molecule has 1 aliphatic carbocycles. The number of amides is 2. The molecule has 1 aromatic carbocycles. The molecule has 1 aromatic rings. The van der Waals surface area contributed by atoms with Crippen LogP contribution in [0.4, 0.5) is 0 Å². The van der Waals surface area contributed by atoms with E-state index in [9.17, 15) is 19.2 Å². The number of esters is 2. The standard InChI is InChI=1S/C16H15NO6/c1-22-15(20)11-7-10(11)12(16(21)23-2)17-13(18)8-5-3-4-6-9(8)14(17)19/h3-6,10-12H,7H2,1-2H3/t10-,11+,12-/m1/s1. The highest BCUT2D eigenvalue weighted by molar-refractivity contribution is 6.22. The molecule has 2 amide bonds. The van der Waals surface area contributed by atoms with Gasteiger partial charge in [0.1, 0.15) is 6.04 Å². The number of methoxy groups -OCH3 is 2. The number of nitrogens with zero attached hydrogens (tertiary/aromatic N) is 1. The lowest BCUT2D eigenvalue weighted by Crippen LogP contribution is -2.47. The zero-order chi connectivity index (χ0) is 16.7. The monoisotopic (exact) mass is 317 g/mol. The van der Waals surface area contributed by atoms with Crippen molar-refractivity contribution in [2.24, 2.45) is 11.8 Å². The van der Waals surface area contributed by atoms with Gasteiger partial charge in [-0.1, -0.05) is 12.1 Å². The SMILES string of the molecule is COC(=O)[C@H]1C[C@H]1[C@H](C(=O)OC)N1C(=O)c2ccccc2C1=O. The molecule has 0 spiro atoms. The third-order valence-corrected chi connectivity index (χ3v) is 4.30. The van der Waals surface area contributed by atoms with Crippen molar-refractivity contribution >= 4 is 23.8 Å². The smallest absolute Gasteiger partial charge is 0.329 e. The number of ether oxygens (including phenoxy) is 2. The van der Waals surface area contributed by atoms with E-state index in [1.807, 2.05) is 0 Å². The summed E-state index contributed by atoms with van der Waals surface area (Å²) in [7, 11) is 2.44. The van der Waals surface area contributed by atoms with E-state index in [-0.39, 0.29) is 11.1 Å². The van der Waals surface area contributed by atoms with Crippen molar-refractivity contribution in [3.05, 3.63) is 35.4 Å². The quantitative estimate of drug-likeness (QED) is 0.598. The number of benzene rings is 1. The van der Waals surface area contributed by atoms with Crippen LogP contribution in [-0.2, 0) is 19.1 Å². The fraction of sp³-hybridized carbons (Fsp3) is 0.375. The molecule has 1 aliphatic heterocycles. The average molecular weight is 317 g/mol. The zero-order valence-corrected chi connectivity index (χ0v) is 12.6. The molecule has 3 atom stereocenters. The maximum absolute atomic E-state index is 12.5. The lowest BCUT2D eigenvalue weighted by Gasteiger charge is -2.24. The second-order valence-electron chi connectivity index (χ2n) is 5.52. The molecule has 0 radical (unpaired) electrons. The fourth-order valence-corrected chi connectivity index (χ4v) is 3.04. The first kappa shape index (κ1) is 15.2. The molecule has 3 rings (SSSR count). The van der Waals surface area contributed by atoms with Crippen molar-refractivity contribution in [3.63, 3.8) is 0 Å². The number of carbonyl (C=O) groups is 4. The van der Waals surface area contributed by atoms with Crippen molar-refractivity contribution in [1.29, 1.82) is 0 Å². The summed E-state index contributed by atoms with van der Waals surface area (Å²) in [5.74, 6) is -3.24. The van der Waals surface area contributed by atoms with Gasteiger partial charge in [-0.3, -0.25) is 19.3 Å². The van der Waals surface area contributed by atoms with Crippen LogP contribution in [0.5, 0.6) is 0 Å². The molecule has 7 heteroatoms. The van der Waals surface area contributed by atoms with Crippen LogP contribution in [0, 0.1) is 11.8 Å². The molecule has 1 fully saturated rings. The highest BCUT2D eigenvalue weighted by Crippen LogP contribution is 2.45. The molecule has 1 saturated carbocycles. The summed E-state index contributed by atoms with van der Waals surface area (Å²) in [5.41, 5.74) is 0.503. The van der Waals surface area contributed by atoms with Crippen LogP contribution >= 0.6 is 0 Å². The number of fused-ring (bicyclic) bond motifs is 1. The van der Waals surface area contributed by atoms with Crippen LogP contribution in [0.1, 0.15) is 27.1 Å². The summed E-state index contributed by atoms with van der Waals surface area (Å²) in [5, 5.41) is 0. The minimum Gasteiger partial charge on any atom is -0.469 e. The van der Waals surface area contributed by atoms with Gasteiger partial charge in [0.2, 0.25) is 0 Å². The second-order valence-corrected chi connectivity index (χ2v) is 5.52. The summed E-state index contributed by atoms with van der Waals surface area (Å²) in [6.45, 7) is 0. The molecule has 7 nitrogen and oxygen atoms in total. The first-order valence-corrected chi connectivity index (χ1v) is 7.13. The zero-order valence-electron chi connectivity index (χ0n) is 12.6. The van der Waals surface area contributed by atoms with Crippen LogP contribution in [0.15, 0.2) is 24.3 Å². The van der Waals surface area contributed by atoms with E-state index in [1.54, 1.807) is 12.1 Å². The van der Waals surface area contributed by atoms with Gasteiger partial charge in [-0.25, -0.2) is 4.79 Å². The number of carbonyl (C=O) groups excluding carboxylic acids is 4. The van der Waals surface area contributed by atoms with Gasteiger partial charge in [-0.05, 0) is 18.6 Å². The minimum atomic E-state index is -1.11. The van der Waals surface area contributed by atoms with Crippen LogP contribution < -0.4 is 0 Å². The molecular formula is C16H15NO6. The number of rotatable bonds is 4. The number of hydrogen-bond acceptors (Lipinski definition) is 6. The van der Waals surface area contributed by atoms with E-state index in [0.29, 0.717) is 6.42 Å². The van der Waals surface area contributed by atoms with Crippen molar-refractivity contribution < 1.29 is 28.7 Å². The van der Waals surface area contributed by atoms with Gasteiger partial charge in [-0.15, -0.1) is 0 Å². The Hall–Kier alpha value is -2.70. The van der Waals surface area contributed by atoms with Crippen molar-refractivity contribution in [2.45, 2.75) is 12.5 Å². The third kappa shape index (κ3) is 2.28. The van der Waals surface area contributed by atoms with E-state index in [2.05, 4.69) is 4.74 Å². The van der Waals surface area contributed by atoms with Gasteiger partial charge in [-0.2, -0.15) is 0 Å². The van der Waals surface area contributed by atoms with Gasteiger partial charge in [0, 0.05) is 5.92 Å². The average Bonchev–Trinajstić information content (AvgIpc) is 3.32. The van der Waals surface area contributed by atoms with Crippen molar-refractivity contribution in [2.75, 3.05) is 14.2 Å². The fourth-order valence-electron chi connectivity index (χ4n) is 3.04. The first-order chi connectivity index (χ1) is 11.0. The van der Waals surface area contributed by atoms with Gasteiger partial charge in [0.25, 0.3) is 11.8 Å². The third-order valence-electron chi connectivity index (χ3n) is 4.30. The van der Waals surface area contributed by atoms with E-state index in [1.165, 1.54) is 26.4 Å². The van der Waals surface area contributed by atoms with Crippen molar-refractivity contribution in [3.8, 4) is 0 Å². The molecular weight excluding hydrogens is 302 g/mol. The molecule has 0 N–H and O–H groups in total. The van der Waals surface area contributed by atoms with E-state index in [0.717, 1.165) is 4.90 Å². The Bertz CT molecular complexity index is 677. The summed E-state index contributed by atoms with van der Waals surface area (Å²) >= 11 is 0. The molecule has 120 valence electrons. The highest BCUT2D eigenvalue weighted by Gasteiger charge is 2.57. The largest absolute Gasteiger partial charge is 0.469 e. The van der Waals surface area contributed by atoms with Crippen molar-refractivity contribution in [1.82, 2.24) is 4.90 Å². The molecule has 23 heavy (non-hydrogen) atoms. The van der Waals surface area contributed by atoms with E-state index >= 15 is 0 Å². The van der Waals surface area contributed by atoms with E-state index < -0.39 is 41.6 Å². The Morgan fingerprint density at radius 2 is 1.65 bits per heavy atom.